The van der Waals surface area contributed by atoms with Crippen LogP contribution in [0.3, 0.4) is 0 Å². The number of benzene rings is 1. The van der Waals surface area contributed by atoms with Crippen LogP contribution in [0.15, 0.2) is 23.2 Å². The second kappa shape index (κ2) is 8.19. The number of nitrogens with one attached hydrogen (secondary N) is 2. The van der Waals surface area contributed by atoms with Gasteiger partial charge in [0.25, 0.3) is 0 Å². The summed E-state index contributed by atoms with van der Waals surface area (Å²) in [7, 11) is 4.84. The molecule has 0 bridgehead atoms. The van der Waals surface area contributed by atoms with E-state index in [0.717, 1.165) is 5.56 Å². The number of hydrogen-bond donors (Lipinski definition) is 2. The number of rotatable bonds is 6. The quantitative estimate of drug-likeness (QED) is 0.617. The van der Waals surface area contributed by atoms with Crippen molar-refractivity contribution in [3.63, 3.8) is 0 Å². The average molecular weight is 287 g/mol. The van der Waals surface area contributed by atoms with Crippen molar-refractivity contribution in [3.05, 3.63) is 23.8 Å². The second-order valence-electron chi connectivity index (χ2n) is 3.86. The van der Waals surface area contributed by atoms with E-state index >= 15 is 0 Å². The van der Waals surface area contributed by atoms with E-state index in [-0.39, 0.29) is 11.5 Å². The minimum atomic E-state index is -2.87. The zero-order valence-electron chi connectivity index (χ0n) is 11.7. The van der Waals surface area contributed by atoms with Gasteiger partial charge in [0, 0.05) is 20.6 Å². The highest BCUT2D eigenvalue weighted by atomic mass is 19.3. The van der Waals surface area contributed by atoms with Crippen molar-refractivity contribution in [2.75, 3.05) is 27.7 Å². The van der Waals surface area contributed by atoms with E-state index in [4.69, 9.17) is 4.74 Å². The fourth-order valence-electron chi connectivity index (χ4n) is 1.67. The molecule has 0 fully saturated rings. The lowest BCUT2D eigenvalue weighted by atomic mass is 10.1. The van der Waals surface area contributed by atoms with Crippen molar-refractivity contribution in [1.82, 2.24) is 10.6 Å². The predicted octanol–water partition coefficient (Wildman–Crippen LogP) is 1.63. The van der Waals surface area contributed by atoms with Gasteiger partial charge in [-0.2, -0.15) is 8.78 Å². The fraction of sp³-hybridized carbons (Fsp3) is 0.462. The Balaban J connectivity index is 2.67. The molecule has 0 radical (unpaired) electrons. The Bertz CT molecular complexity index is 453. The Labute approximate surface area is 117 Å². The van der Waals surface area contributed by atoms with Gasteiger partial charge in [-0.05, 0) is 24.1 Å². The molecule has 1 rings (SSSR count). The Morgan fingerprint density at radius 1 is 1.35 bits per heavy atom. The molecule has 0 aliphatic carbocycles. The van der Waals surface area contributed by atoms with Gasteiger partial charge in [0.2, 0.25) is 0 Å². The maximum Gasteiger partial charge on any atom is 0.387 e. The zero-order chi connectivity index (χ0) is 15.0. The van der Waals surface area contributed by atoms with Crippen molar-refractivity contribution in [2.24, 2.45) is 4.99 Å². The Kier molecular flexibility index (Phi) is 6.55. The number of halogens is 2. The van der Waals surface area contributed by atoms with Crippen molar-refractivity contribution in [2.45, 2.75) is 13.0 Å². The van der Waals surface area contributed by atoms with Crippen LogP contribution in [-0.2, 0) is 6.42 Å². The molecule has 0 atom stereocenters. The highest BCUT2D eigenvalue weighted by molar-refractivity contribution is 5.79. The molecule has 0 heterocycles. The van der Waals surface area contributed by atoms with Gasteiger partial charge >= 0.3 is 6.61 Å². The van der Waals surface area contributed by atoms with E-state index in [9.17, 15) is 8.78 Å². The molecule has 1 aromatic carbocycles. The molecule has 0 aromatic heterocycles. The van der Waals surface area contributed by atoms with Crippen LogP contribution >= 0.6 is 0 Å². The molecule has 0 spiro atoms. The van der Waals surface area contributed by atoms with Crippen LogP contribution in [0.5, 0.6) is 11.5 Å². The van der Waals surface area contributed by atoms with Gasteiger partial charge in [-0.3, -0.25) is 4.99 Å². The molecular weight excluding hydrogens is 268 g/mol. The summed E-state index contributed by atoms with van der Waals surface area (Å²) >= 11 is 0. The first-order valence-electron chi connectivity index (χ1n) is 6.10. The molecule has 5 nitrogen and oxygen atoms in total. The maximum absolute atomic E-state index is 12.3. The molecule has 112 valence electrons. The van der Waals surface area contributed by atoms with Crippen LogP contribution in [0.1, 0.15) is 5.56 Å². The largest absolute Gasteiger partial charge is 0.493 e. The third-order valence-corrected chi connectivity index (χ3v) is 2.61. The van der Waals surface area contributed by atoms with Crippen LogP contribution in [0, 0.1) is 0 Å². The van der Waals surface area contributed by atoms with Crippen LogP contribution in [0.4, 0.5) is 8.78 Å². The summed E-state index contributed by atoms with van der Waals surface area (Å²) in [5, 5.41) is 5.96. The minimum Gasteiger partial charge on any atom is -0.493 e. The van der Waals surface area contributed by atoms with Gasteiger partial charge in [-0.1, -0.05) is 6.07 Å². The predicted molar refractivity (Wildman–Crippen MR) is 73.8 cm³/mol. The molecule has 0 amide bonds. The van der Waals surface area contributed by atoms with Crippen molar-refractivity contribution in [3.8, 4) is 11.5 Å². The van der Waals surface area contributed by atoms with E-state index in [2.05, 4.69) is 20.4 Å². The van der Waals surface area contributed by atoms with Crippen LogP contribution in [-0.4, -0.2) is 40.3 Å². The molecule has 1 aromatic rings. The molecule has 7 heteroatoms. The van der Waals surface area contributed by atoms with E-state index in [1.807, 2.05) is 0 Å². The van der Waals surface area contributed by atoms with Gasteiger partial charge < -0.3 is 20.1 Å². The van der Waals surface area contributed by atoms with E-state index in [1.54, 1.807) is 32.3 Å². The van der Waals surface area contributed by atoms with E-state index < -0.39 is 6.61 Å². The molecule has 2 N–H and O–H groups in total. The monoisotopic (exact) mass is 287 g/mol. The number of alkyl halides is 2. The summed E-state index contributed by atoms with van der Waals surface area (Å²) in [6.07, 6.45) is 0.643. The standard InChI is InChI=1S/C13H19F2N3O2/c1-16-13(17-2)18-7-6-9-4-5-10(19-3)11(8-9)20-12(14)15/h4-5,8,12H,6-7H2,1-3H3,(H2,16,17,18). The summed E-state index contributed by atoms with van der Waals surface area (Å²) in [6.45, 7) is -2.26. The number of aliphatic imine (C=N–C) groups is 1. The van der Waals surface area contributed by atoms with Gasteiger partial charge in [-0.25, -0.2) is 0 Å². The minimum absolute atomic E-state index is 0.0398. The fourth-order valence-corrected chi connectivity index (χ4v) is 1.67. The molecule has 0 aliphatic heterocycles. The first kappa shape index (κ1) is 16.0. The Morgan fingerprint density at radius 3 is 2.65 bits per heavy atom. The van der Waals surface area contributed by atoms with Crippen LogP contribution in [0.25, 0.3) is 0 Å². The second-order valence-corrected chi connectivity index (χ2v) is 3.86. The topological polar surface area (TPSA) is 54.9 Å². The normalized spacial score (nSPS) is 11.4. The van der Waals surface area contributed by atoms with Gasteiger partial charge in [0.1, 0.15) is 0 Å². The molecule has 0 unspecified atom stereocenters. The number of guanidine groups is 1. The SMILES string of the molecule is CN=C(NC)NCCc1ccc(OC)c(OC(F)F)c1. The molecule has 0 saturated heterocycles. The van der Waals surface area contributed by atoms with Gasteiger partial charge in [-0.15, -0.1) is 0 Å². The summed E-state index contributed by atoms with van der Waals surface area (Å²) in [4.78, 5) is 3.97. The zero-order valence-corrected chi connectivity index (χ0v) is 11.7. The lowest BCUT2D eigenvalue weighted by Gasteiger charge is -2.12. The number of methoxy groups -OCH3 is 1. The summed E-state index contributed by atoms with van der Waals surface area (Å²) in [5.41, 5.74) is 0.862. The van der Waals surface area contributed by atoms with Crippen molar-refractivity contribution >= 4 is 5.96 Å². The summed E-state index contributed by atoms with van der Waals surface area (Å²) in [6, 6.07) is 4.97. The highest BCUT2D eigenvalue weighted by Crippen LogP contribution is 2.29. The first-order chi connectivity index (χ1) is 9.60. The van der Waals surface area contributed by atoms with Gasteiger partial charge in [0.15, 0.2) is 17.5 Å². The lowest BCUT2D eigenvalue weighted by molar-refractivity contribution is -0.0512. The smallest absolute Gasteiger partial charge is 0.387 e. The summed E-state index contributed by atoms with van der Waals surface area (Å²) in [5.74, 6) is 0.994. The van der Waals surface area contributed by atoms with Crippen LogP contribution < -0.4 is 20.1 Å². The Hall–Kier alpha value is -2.05. The van der Waals surface area contributed by atoms with Crippen molar-refractivity contribution < 1.29 is 18.3 Å². The number of hydrogen-bond acceptors (Lipinski definition) is 3. The summed E-state index contributed by atoms with van der Waals surface area (Å²) < 4.78 is 34.0. The maximum atomic E-state index is 12.3. The van der Waals surface area contributed by atoms with E-state index in [0.29, 0.717) is 18.9 Å². The molecule has 0 saturated carbocycles. The molecule has 0 aliphatic rings. The number of ether oxygens (including phenoxy) is 2. The third-order valence-electron chi connectivity index (χ3n) is 2.61. The average Bonchev–Trinajstić information content (AvgIpc) is 2.43. The third kappa shape index (κ3) is 4.91. The molecule has 20 heavy (non-hydrogen) atoms. The Morgan fingerprint density at radius 2 is 2.10 bits per heavy atom. The van der Waals surface area contributed by atoms with Gasteiger partial charge in [0.05, 0.1) is 7.11 Å². The highest BCUT2D eigenvalue weighted by Gasteiger charge is 2.11. The molecular formula is C13H19F2N3O2. The van der Waals surface area contributed by atoms with E-state index in [1.165, 1.54) is 7.11 Å². The number of nitrogens with zero attached hydrogens (tertiary/aromatic N) is 1. The first-order valence-corrected chi connectivity index (χ1v) is 6.10. The van der Waals surface area contributed by atoms with Crippen LogP contribution in [0.2, 0.25) is 0 Å². The van der Waals surface area contributed by atoms with Crippen molar-refractivity contribution in [1.29, 1.82) is 0 Å². The lowest BCUT2D eigenvalue weighted by Crippen LogP contribution is -2.35.